The van der Waals surface area contributed by atoms with E-state index in [-0.39, 0.29) is 10.9 Å². The molecule has 2 aromatic heterocycles. The number of aromatic amines is 1. The Labute approximate surface area is 167 Å². The van der Waals surface area contributed by atoms with E-state index in [1.165, 1.54) is 0 Å². The summed E-state index contributed by atoms with van der Waals surface area (Å²) in [6, 6.07) is 7.58. The van der Waals surface area contributed by atoms with E-state index in [1.807, 2.05) is 25.1 Å². The molecule has 0 bridgehead atoms. The number of aryl methyl sites for hydroxylation is 1. The molecule has 7 nitrogen and oxygen atoms in total. The van der Waals surface area contributed by atoms with Crippen molar-refractivity contribution in [1.29, 1.82) is 0 Å². The first kappa shape index (κ1) is 18.6. The van der Waals surface area contributed by atoms with Gasteiger partial charge in [-0.15, -0.1) is 11.6 Å². The van der Waals surface area contributed by atoms with Crippen molar-refractivity contribution >= 4 is 40.0 Å². The van der Waals surface area contributed by atoms with E-state index in [1.54, 1.807) is 19.4 Å². The third-order valence-corrected chi connectivity index (χ3v) is 5.30. The summed E-state index contributed by atoms with van der Waals surface area (Å²) in [7, 11) is 1.63. The van der Waals surface area contributed by atoms with Crippen molar-refractivity contribution in [3.05, 3.63) is 46.4 Å². The fraction of sp³-hybridized carbons (Fsp3) is 0.350. The SMILES string of the molecule is COc1cc(C)cc(Nc2nc(N3CCC(Cl)CC3)nc3cc[nH]c(=O)c23)c1. The van der Waals surface area contributed by atoms with Crippen LogP contribution in [0.15, 0.2) is 35.3 Å². The van der Waals surface area contributed by atoms with Crippen LogP contribution >= 0.6 is 11.6 Å². The normalized spacial score (nSPS) is 15.0. The van der Waals surface area contributed by atoms with Gasteiger partial charge < -0.3 is 19.9 Å². The second-order valence-electron chi connectivity index (χ2n) is 6.96. The Morgan fingerprint density at radius 1 is 1.25 bits per heavy atom. The Balaban J connectivity index is 1.79. The number of halogens is 1. The van der Waals surface area contributed by atoms with Crippen LogP contribution < -0.4 is 20.5 Å². The molecule has 1 fully saturated rings. The summed E-state index contributed by atoms with van der Waals surface area (Å²) in [6.07, 6.45) is 3.37. The van der Waals surface area contributed by atoms with Gasteiger partial charge in [-0.2, -0.15) is 4.98 Å². The summed E-state index contributed by atoms with van der Waals surface area (Å²) in [5.74, 6) is 1.81. The van der Waals surface area contributed by atoms with Gasteiger partial charge in [0.2, 0.25) is 5.95 Å². The second-order valence-corrected chi connectivity index (χ2v) is 7.58. The van der Waals surface area contributed by atoms with Crippen LogP contribution in [-0.4, -0.2) is 40.5 Å². The number of H-pyrrole nitrogens is 1. The fourth-order valence-electron chi connectivity index (χ4n) is 3.43. The summed E-state index contributed by atoms with van der Waals surface area (Å²) in [6.45, 7) is 3.57. The number of nitrogens with one attached hydrogen (secondary N) is 2. The van der Waals surface area contributed by atoms with Gasteiger partial charge in [0.05, 0.1) is 12.6 Å². The van der Waals surface area contributed by atoms with Crippen LogP contribution in [0.3, 0.4) is 0 Å². The van der Waals surface area contributed by atoms with Gasteiger partial charge in [-0.1, -0.05) is 0 Å². The summed E-state index contributed by atoms with van der Waals surface area (Å²) in [5, 5.41) is 3.91. The van der Waals surface area contributed by atoms with Crippen molar-refractivity contribution in [2.75, 3.05) is 30.4 Å². The molecule has 1 aromatic carbocycles. The van der Waals surface area contributed by atoms with Crippen molar-refractivity contribution in [3.63, 3.8) is 0 Å². The lowest BCUT2D eigenvalue weighted by Crippen LogP contribution is -2.35. The van der Waals surface area contributed by atoms with Crippen LogP contribution in [0.4, 0.5) is 17.5 Å². The smallest absolute Gasteiger partial charge is 0.261 e. The van der Waals surface area contributed by atoms with Gasteiger partial charge in [-0.3, -0.25) is 4.79 Å². The predicted octanol–water partition coefficient (Wildman–Crippen LogP) is 3.59. The average Bonchev–Trinajstić information content (AvgIpc) is 2.68. The maximum atomic E-state index is 12.5. The zero-order valence-electron chi connectivity index (χ0n) is 15.8. The highest BCUT2D eigenvalue weighted by molar-refractivity contribution is 6.20. The number of nitrogens with zero attached hydrogens (tertiary/aromatic N) is 3. The molecule has 0 aliphatic carbocycles. The number of anilines is 3. The zero-order chi connectivity index (χ0) is 19.7. The number of methoxy groups -OCH3 is 1. The number of pyridine rings is 1. The van der Waals surface area contributed by atoms with Gasteiger partial charge in [0, 0.05) is 36.4 Å². The average molecular weight is 400 g/mol. The maximum Gasteiger partial charge on any atom is 0.261 e. The summed E-state index contributed by atoms with van der Waals surface area (Å²) in [5.41, 5.74) is 2.21. The number of alkyl halides is 1. The highest BCUT2D eigenvalue weighted by atomic mass is 35.5. The first-order valence-electron chi connectivity index (χ1n) is 9.24. The van der Waals surface area contributed by atoms with Crippen LogP contribution in [0, 0.1) is 6.92 Å². The molecule has 0 amide bonds. The van der Waals surface area contributed by atoms with Crippen molar-refractivity contribution in [1.82, 2.24) is 15.0 Å². The third-order valence-electron chi connectivity index (χ3n) is 4.86. The van der Waals surface area contributed by atoms with Gasteiger partial charge in [0.1, 0.15) is 17.0 Å². The minimum atomic E-state index is -0.231. The predicted molar refractivity (Wildman–Crippen MR) is 112 cm³/mol. The summed E-state index contributed by atoms with van der Waals surface area (Å²) >= 11 is 6.23. The molecule has 2 N–H and O–H groups in total. The van der Waals surface area contributed by atoms with Gasteiger partial charge in [0.25, 0.3) is 5.56 Å². The first-order valence-corrected chi connectivity index (χ1v) is 9.68. The molecule has 1 aliphatic rings. The standard InChI is InChI=1S/C20H22ClN5O2/c1-12-9-14(11-15(10-12)28-2)23-18-17-16(3-6-22-19(17)27)24-20(25-18)26-7-4-13(21)5-8-26/h3,6,9-11,13H,4-5,7-8H2,1-2H3,(H,22,27)(H,23,24,25). The highest BCUT2D eigenvalue weighted by Gasteiger charge is 2.21. The largest absolute Gasteiger partial charge is 0.497 e. The van der Waals surface area contributed by atoms with Crippen molar-refractivity contribution < 1.29 is 4.74 Å². The summed E-state index contributed by atoms with van der Waals surface area (Å²) < 4.78 is 5.35. The van der Waals surface area contributed by atoms with Crippen molar-refractivity contribution in [3.8, 4) is 5.75 Å². The first-order chi connectivity index (χ1) is 13.5. The van der Waals surface area contributed by atoms with Crippen LogP contribution in [0.25, 0.3) is 10.9 Å². The molecular formula is C20H22ClN5O2. The molecule has 4 rings (SSSR count). The van der Waals surface area contributed by atoms with E-state index in [4.69, 9.17) is 21.3 Å². The number of piperidine rings is 1. The Morgan fingerprint density at radius 3 is 2.79 bits per heavy atom. The molecule has 146 valence electrons. The molecule has 28 heavy (non-hydrogen) atoms. The van der Waals surface area contributed by atoms with E-state index < -0.39 is 0 Å². The number of hydrogen-bond acceptors (Lipinski definition) is 6. The molecule has 0 unspecified atom stereocenters. The van der Waals surface area contributed by atoms with Gasteiger partial charge in [0.15, 0.2) is 0 Å². The lowest BCUT2D eigenvalue weighted by Gasteiger charge is -2.29. The van der Waals surface area contributed by atoms with E-state index in [0.29, 0.717) is 22.7 Å². The van der Waals surface area contributed by atoms with E-state index in [2.05, 4.69) is 20.2 Å². The second kappa shape index (κ2) is 7.67. The fourth-order valence-corrected chi connectivity index (χ4v) is 3.63. The number of benzene rings is 1. The number of fused-ring (bicyclic) bond motifs is 1. The maximum absolute atomic E-state index is 12.5. The molecule has 1 aliphatic heterocycles. The molecule has 0 saturated carbocycles. The lowest BCUT2D eigenvalue weighted by molar-refractivity contribution is 0.414. The molecule has 1 saturated heterocycles. The quantitative estimate of drug-likeness (QED) is 0.652. The highest BCUT2D eigenvalue weighted by Crippen LogP contribution is 2.28. The topological polar surface area (TPSA) is 83.1 Å². The minimum absolute atomic E-state index is 0.192. The van der Waals surface area contributed by atoms with Crippen LogP contribution in [0.2, 0.25) is 0 Å². The van der Waals surface area contributed by atoms with Crippen LogP contribution in [0.1, 0.15) is 18.4 Å². The number of rotatable bonds is 4. The van der Waals surface area contributed by atoms with E-state index in [0.717, 1.165) is 42.9 Å². The van der Waals surface area contributed by atoms with Gasteiger partial charge in [-0.05, 0) is 43.5 Å². The van der Waals surface area contributed by atoms with Crippen molar-refractivity contribution in [2.24, 2.45) is 0 Å². The monoisotopic (exact) mass is 399 g/mol. The van der Waals surface area contributed by atoms with Crippen molar-refractivity contribution in [2.45, 2.75) is 25.1 Å². The molecule has 3 aromatic rings. The van der Waals surface area contributed by atoms with E-state index in [9.17, 15) is 4.79 Å². The molecule has 0 radical (unpaired) electrons. The Morgan fingerprint density at radius 2 is 2.04 bits per heavy atom. The van der Waals surface area contributed by atoms with Gasteiger partial charge >= 0.3 is 0 Å². The summed E-state index contributed by atoms with van der Waals surface area (Å²) in [4.78, 5) is 26.6. The third kappa shape index (κ3) is 3.75. The Bertz CT molecular complexity index is 1060. The molecule has 3 heterocycles. The number of aromatic nitrogens is 3. The van der Waals surface area contributed by atoms with E-state index >= 15 is 0 Å². The minimum Gasteiger partial charge on any atom is -0.497 e. The molecule has 0 atom stereocenters. The lowest BCUT2D eigenvalue weighted by atomic mass is 10.1. The Hall–Kier alpha value is -2.80. The molecule has 8 heteroatoms. The number of hydrogen-bond donors (Lipinski definition) is 2. The van der Waals surface area contributed by atoms with Crippen LogP contribution in [-0.2, 0) is 0 Å². The molecule has 0 spiro atoms. The van der Waals surface area contributed by atoms with Gasteiger partial charge in [-0.25, -0.2) is 4.98 Å². The molecular weight excluding hydrogens is 378 g/mol. The number of ether oxygens (including phenoxy) is 1. The zero-order valence-corrected chi connectivity index (χ0v) is 16.6. The Kier molecular flexibility index (Phi) is 5.09. The van der Waals surface area contributed by atoms with Crippen LogP contribution in [0.5, 0.6) is 5.75 Å².